The molecule has 0 unspecified atom stereocenters. The van der Waals surface area contributed by atoms with E-state index in [2.05, 4.69) is 24.0 Å². The third-order valence-corrected chi connectivity index (χ3v) is 0.963. The molecule has 0 N–H and O–H groups in total. The van der Waals surface area contributed by atoms with E-state index < -0.39 is 0 Å². The normalized spacial score (nSPS) is 13.4. The van der Waals surface area contributed by atoms with E-state index in [9.17, 15) is 0 Å². The average Bonchev–Trinajstić information content (AvgIpc) is 2.51. The molecule has 1 rings (SSSR count). The van der Waals surface area contributed by atoms with Crippen LogP contribution in [0.3, 0.4) is 0 Å². The van der Waals surface area contributed by atoms with Crippen molar-refractivity contribution < 1.29 is 0 Å². The van der Waals surface area contributed by atoms with Crippen molar-refractivity contribution in [2.24, 2.45) is 0 Å². The van der Waals surface area contributed by atoms with Gasteiger partial charge in [0.15, 0.2) is 0 Å². The largest absolute Gasteiger partial charge is 0.0914 e. The molecule has 0 amide bonds. The van der Waals surface area contributed by atoms with Crippen LogP contribution in [0.2, 0.25) is 0 Å². The zero-order valence-corrected chi connectivity index (χ0v) is 4.94. The van der Waals surface area contributed by atoms with E-state index in [-0.39, 0.29) is 0 Å². The Morgan fingerprint density at radius 3 is 2.75 bits per heavy atom. The summed E-state index contributed by atoms with van der Waals surface area (Å²) in [7, 11) is 0. The van der Waals surface area contributed by atoms with Gasteiger partial charge in [-0.1, -0.05) is 30.1 Å². The summed E-state index contributed by atoms with van der Waals surface area (Å²) in [6.45, 7) is 2.02. The Bertz CT molecular complexity index is 174. The molecule has 0 aromatic heterocycles. The predicted octanol–water partition coefficient (Wildman–Crippen LogP) is 1.90. The highest BCUT2D eigenvalue weighted by atomic mass is 13.9. The summed E-state index contributed by atoms with van der Waals surface area (Å²) in [5.74, 6) is 5.74. The van der Waals surface area contributed by atoms with Gasteiger partial charge in [-0.25, -0.2) is 0 Å². The van der Waals surface area contributed by atoms with E-state index in [0.717, 1.165) is 12.0 Å². The zero-order chi connectivity index (χ0) is 5.82. The Morgan fingerprint density at radius 1 is 1.50 bits per heavy atom. The van der Waals surface area contributed by atoms with E-state index in [1.54, 1.807) is 0 Å². The molecule has 0 atom stereocenters. The summed E-state index contributed by atoms with van der Waals surface area (Å²) in [5.41, 5.74) is 1.14. The second-order valence-electron chi connectivity index (χ2n) is 1.67. The molecule has 0 aromatic rings. The number of hydrogen-bond donors (Lipinski definition) is 0. The lowest BCUT2D eigenvalue weighted by atomic mass is 10.3. The fourth-order valence-corrected chi connectivity index (χ4v) is 0.460. The molecule has 0 aromatic carbocycles. The van der Waals surface area contributed by atoms with Gasteiger partial charge < -0.3 is 0 Å². The molecule has 1 aliphatic rings. The topological polar surface area (TPSA) is 0 Å². The van der Waals surface area contributed by atoms with Crippen molar-refractivity contribution in [1.82, 2.24) is 0 Å². The minimum Gasteiger partial charge on any atom is -0.0914 e. The molecule has 0 heterocycles. The Hall–Kier alpha value is -0.960. The van der Waals surface area contributed by atoms with Gasteiger partial charge in [0.25, 0.3) is 0 Å². The molecule has 1 aliphatic carbocycles. The lowest BCUT2D eigenvalue weighted by molar-refractivity contribution is 1.37. The van der Waals surface area contributed by atoms with Gasteiger partial charge in [0.2, 0.25) is 0 Å². The number of allylic oxidation sites excluding steroid dienone is 4. The van der Waals surface area contributed by atoms with Crippen molar-refractivity contribution >= 4 is 0 Å². The molecule has 0 heteroatoms. The molecule has 0 saturated heterocycles. The molecule has 0 spiro atoms. The molecule has 0 saturated carbocycles. The van der Waals surface area contributed by atoms with Gasteiger partial charge in [-0.05, 0) is 13.3 Å². The first-order valence-electron chi connectivity index (χ1n) is 2.77. The van der Waals surface area contributed by atoms with Crippen LogP contribution >= 0.6 is 0 Å². The van der Waals surface area contributed by atoms with Crippen molar-refractivity contribution in [3.63, 3.8) is 0 Å². The first kappa shape index (κ1) is 5.18. The highest BCUT2D eigenvalue weighted by Gasteiger charge is 1.92. The lowest BCUT2D eigenvalue weighted by Gasteiger charge is -1.74. The quantitative estimate of drug-likeness (QED) is 0.370. The molecule has 0 aliphatic heterocycles. The van der Waals surface area contributed by atoms with Crippen LogP contribution in [0.1, 0.15) is 13.3 Å². The maximum Gasteiger partial charge on any atom is 0.0715 e. The van der Waals surface area contributed by atoms with E-state index in [1.165, 1.54) is 0 Å². The third-order valence-electron chi connectivity index (χ3n) is 0.963. The van der Waals surface area contributed by atoms with Gasteiger partial charge in [0.05, 0.1) is 5.57 Å². The van der Waals surface area contributed by atoms with E-state index >= 15 is 0 Å². The Kier molecular flexibility index (Phi) is 1.54. The van der Waals surface area contributed by atoms with Gasteiger partial charge >= 0.3 is 0 Å². The van der Waals surface area contributed by atoms with Crippen molar-refractivity contribution in [1.29, 1.82) is 0 Å². The maximum atomic E-state index is 2.87. The highest BCUT2D eigenvalue weighted by molar-refractivity contribution is 5.59. The van der Waals surface area contributed by atoms with E-state index in [1.807, 2.05) is 13.0 Å². The molecular formula is C8H8. The first-order valence-corrected chi connectivity index (χ1v) is 2.77. The van der Waals surface area contributed by atoms with Crippen molar-refractivity contribution in [3.05, 3.63) is 23.8 Å². The summed E-state index contributed by atoms with van der Waals surface area (Å²) in [6.07, 6.45) is 7.26. The maximum absolute atomic E-state index is 2.87. The first-order chi connectivity index (χ1) is 3.93. The Balaban J connectivity index is 2.13. The molecule has 0 nitrogen and oxygen atoms in total. The Morgan fingerprint density at radius 2 is 2.25 bits per heavy atom. The standard InChI is InChI=1S/C8H8/c1-2-3-4-5-8-6-7-8/h2-3,5H,4H2,1H3. The number of rotatable bonds is 2. The molecule has 8 heavy (non-hydrogen) atoms. The average molecular weight is 104 g/mol. The van der Waals surface area contributed by atoms with Crippen LogP contribution in [0.4, 0.5) is 0 Å². The highest BCUT2D eigenvalue weighted by Crippen LogP contribution is 2.03. The van der Waals surface area contributed by atoms with Gasteiger partial charge in [0, 0.05) is 0 Å². The van der Waals surface area contributed by atoms with Crippen molar-refractivity contribution in [3.8, 4) is 11.8 Å². The summed E-state index contributed by atoms with van der Waals surface area (Å²) >= 11 is 0. The smallest absolute Gasteiger partial charge is 0.0715 e. The molecule has 0 radical (unpaired) electrons. The predicted molar refractivity (Wildman–Crippen MR) is 35.3 cm³/mol. The summed E-state index contributed by atoms with van der Waals surface area (Å²) < 4.78 is 0. The second kappa shape index (κ2) is 2.37. The number of hydrogen-bond acceptors (Lipinski definition) is 0. The zero-order valence-electron chi connectivity index (χ0n) is 4.94. The molecule has 0 fully saturated rings. The fourth-order valence-electron chi connectivity index (χ4n) is 0.460. The summed E-state index contributed by atoms with van der Waals surface area (Å²) in [4.78, 5) is 0. The minimum atomic E-state index is 1.02. The van der Waals surface area contributed by atoms with Crippen LogP contribution in [0.5, 0.6) is 0 Å². The summed E-state index contributed by atoms with van der Waals surface area (Å²) in [5, 5.41) is 0. The van der Waals surface area contributed by atoms with Gasteiger partial charge in [-0.15, -0.1) is 0 Å². The van der Waals surface area contributed by atoms with Crippen LogP contribution in [-0.4, -0.2) is 0 Å². The summed E-state index contributed by atoms with van der Waals surface area (Å²) in [6, 6.07) is 0. The van der Waals surface area contributed by atoms with Crippen LogP contribution in [-0.2, 0) is 0 Å². The van der Waals surface area contributed by atoms with Crippen LogP contribution in [0.15, 0.2) is 23.8 Å². The van der Waals surface area contributed by atoms with E-state index in [0.29, 0.717) is 0 Å². The minimum absolute atomic E-state index is 1.02. The molecule has 0 bridgehead atoms. The van der Waals surface area contributed by atoms with Crippen LogP contribution in [0.25, 0.3) is 0 Å². The molecular weight excluding hydrogens is 96.1 g/mol. The Labute approximate surface area is 49.9 Å². The molecule has 40 valence electrons. The van der Waals surface area contributed by atoms with Crippen LogP contribution < -0.4 is 0 Å². The van der Waals surface area contributed by atoms with Crippen molar-refractivity contribution in [2.45, 2.75) is 13.3 Å². The van der Waals surface area contributed by atoms with E-state index in [4.69, 9.17) is 0 Å². The fraction of sp³-hybridized carbons (Fsp3) is 0.250. The SMILES string of the molecule is CC=CCC=C1C#C1. The van der Waals surface area contributed by atoms with Crippen molar-refractivity contribution in [2.75, 3.05) is 0 Å². The van der Waals surface area contributed by atoms with Crippen LogP contribution in [0, 0.1) is 11.8 Å². The van der Waals surface area contributed by atoms with Gasteiger partial charge in [-0.2, -0.15) is 0 Å². The van der Waals surface area contributed by atoms with Gasteiger partial charge in [0.1, 0.15) is 0 Å². The monoisotopic (exact) mass is 104 g/mol. The third kappa shape index (κ3) is 1.66. The second-order valence-corrected chi connectivity index (χ2v) is 1.67. The van der Waals surface area contributed by atoms with Gasteiger partial charge in [-0.3, -0.25) is 0 Å². The lowest BCUT2D eigenvalue weighted by Crippen LogP contribution is -1.56.